The van der Waals surface area contributed by atoms with Crippen molar-refractivity contribution in [3.05, 3.63) is 36.4 Å². The van der Waals surface area contributed by atoms with Crippen LogP contribution in [-0.2, 0) is 0 Å². The monoisotopic (exact) mass is 203 g/mol. The molecule has 0 amide bonds. The normalized spacial score (nSPS) is 10.2. The highest BCUT2D eigenvalue weighted by atomic mass is 16.3. The van der Waals surface area contributed by atoms with Crippen LogP contribution < -0.4 is 0 Å². The molecular weight excluding hydrogens is 194 g/mol. The van der Waals surface area contributed by atoms with E-state index < -0.39 is 0 Å². The Morgan fingerprint density at radius 1 is 1.47 bits per heavy atom. The summed E-state index contributed by atoms with van der Waals surface area (Å²) in [5.74, 6) is 0.00173. The molecule has 5 heteroatoms. The molecule has 0 aliphatic heterocycles. The zero-order valence-corrected chi connectivity index (χ0v) is 8.08. The van der Waals surface area contributed by atoms with E-state index in [4.69, 9.17) is 0 Å². The quantitative estimate of drug-likeness (QED) is 0.744. The Morgan fingerprint density at radius 2 is 2.27 bits per heavy atom. The third kappa shape index (κ3) is 1.71. The summed E-state index contributed by atoms with van der Waals surface area (Å²) >= 11 is 0. The third-order valence-corrected chi connectivity index (χ3v) is 2.05. The number of rotatable bonds is 2. The topological polar surface area (TPSA) is 68.0 Å². The van der Waals surface area contributed by atoms with E-state index in [-0.39, 0.29) is 11.5 Å². The predicted octanol–water partition coefficient (Wildman–Crippen LogP) is 1.18. The van der Waals surface area contributed by atoms with E-state index in [9.17, 15) is 9.90 Å². The smallest absolute Gasteiger partial charge is 0.159 e. The van der Waals surface area contributed by atoms with Crippen molar-refractivity contribution < 1.29 is 9.90 Å². The molecule has 5 nitrogen and oxygen atoms in total. The second-order valence-corrected chi connectivity index (χ2v) is 3.10. The summed E-state index contributed by atoms with van der Waals surface area (Å²) in [5.41, 5.74) is 0.971. The van der Waals surface area contributed by atoms with Gasteiger partial charge in [-0.05, 0) is 25.1 Å². The minimum atomic E-state index is -0.0589. The Hall–Kier alpha value is -2.17. The number of ketones is 1. The maximum atomic E-state index is 11.2. The minimum absolute atomic E-state index is 0.0589. The van der Waals surface area contributed by atoms with Crippen molar-refractivity contribution in [2.45, 2.75) is 6.92 Å². The fourth-order valence-electron chi connectivity index (χ4n) is 1.26. The van der Waals surface area contributed by atoms with Crippen LogP contribution in [-0.4, -0.2) is 25.7 Å². The fourth-order valence-corrected chi connectivity index (χ4v) is 1.26. The SMILES string of the molecule is CC(=O)c1ccc(O)c(-n2cncn2)c1. The van der Waals surface area contributed by atoms with E-state index in [0.29, 0.717) is 11.3 Å². The van der Waals surface area contributed by atoms with Crippen LogP contribution >= 0.6 is 0 Å². The van der Waals surface area contributed by atoms with Gasteiger partial charge in [0.15, 0.2) is 5.78 Å². The van der Waals surface area contributed by atoms with Gasteiger partial charge < -0.3 is 5.11 Å². The predicted molar refractivity (Wildman–Crippen MR) is 53.0 cm³/mol. The summed E-state index contributed by atoms with van der Waals surface area (Å²) in [7, 11) is 0. The Morgan fingerprint density at radius 3 is 2.87 bits per heavy atom. The second kappa shape index (κ2) is 3.53. The van der Waals surface area contributed by atoms with E-state index in [1.165, 1.54) is 30.3 Å². The molecule has 1 heterocycles. The first-order valence-electron chi connectivity index (χ1n) is 4.37. The zero-order valence-electron chi connectivity index (χ0n) is 8.08. The first-order valence-corrected chi connectivity index (χ1v) is 4.37. The zero-order chi connectivity index (χ0) is 10.8. The van der Waals surface area contributed by atoms with E-state index in [1.54, 1.807) is 12.1 Å². The highest BCUT2D eigenvalue weighted by molar-refractivity contribution is 5.94. The van der Waals surface area contributed by atoms with Gasteiger partial charge in [0.05, 0.1) is 0 Å². The summed E-state index contributed by atoms with van der Waals surface area (Å²) in [6.45, 7) is 1.47. The number of aromatic nitrogens is 3. The van der Waals surface area contributed by atoms with Gasteiger partial charge in [-0.3, -0.25) is 4.79 Å². The van der Waals surface area contributed by atoms with E-state index in [2.05, 4.69) is 10.1 Å². The van der Waals surface area contributed by atoms with Crippen LogP contribution in [0.5, 0.6) is 5.75 Å². The van der Waals surface area contributed by atoms with Gasteiger partial charge >= 0.3 is 0 Å². The third-order valence-electron chi connectivity index (χ3n) is 2.05. The average Bonchev–Trinajstić information content (AvgIpc) is 2.71. The van der Waals surface area contributed by atoms with Gasteiger partial charge in [-0.1, -0.05) is 0 Å². The lowest BCUT2D eigenvalue weighted by molar-refractivity contribution is 0.101. The van der Waals surface area contributed by atoms with Crippen molar-refractivity contribution in [2.24, 2.45) is 0 Å². The molecule has 1 aromatic heterocycles. The van der Waals surface area contributed by atoms with Crippen molar-refractivity contribution >= 4 is 5.78 Å². The lowest BCUT2D eigenvalue weighted by atomic mass is 10.1. The number of phenolic OH excluding ortho intramolecular Hbond substituents is 1. The summed E-state index contributed by atoms with van der Waals surface area (Å²) in [5, 5.41) is 13.5. The highest BCUT2D eigenvalue weighted by Gasteiger charge is 2.07. The van der Waals surface area contributed by atoms with Crippen molar-refractivity contribution in [3.63, 3.8) is 0 Å². The van der Waals surface area contributed by atoms with Gasteiger partial charge in [-0.15, -0.1) is 0 Å². The molecule has 0 unspecified atom stereocenters. The number of aromatic hydroxyl groups is 1. The van der Waals surface area contributed by atoms with Gasteiger partial charge in [0, 0.05) is 5.56 Å². The molecule has 0 radical (unpaired) electrons. The first-order chi connectivity index (χ1) is 7.18. The van der Waals surface area contributed by atoms with Crippen LogP contribution in [0.2, 0.25) is 0 Å². The number of hydrogen-bond acceptors (Lipinski definition) is 4. The van der Waals surface area contributed by atoms with Crippen LogP contribution in [0.15, 0.2) is 30.9 Å². The fraction of sp³-hybridized carbons (Fsp3) is 0.100. The molecular formula is C10H9N3O2. The highest BCUT2D eigenvalue weighted by Crippen LogP contribution is 2.21. The second-order valence-electron chi connectivity index (χ2n) is 3.10. The Bertz CT molecular complexity index is 491. The number of Topliss-reactive ketones (excluding diaryl/α,β-unsaturated/α-hetero) is 1. The van der Waals surface area contributed by atoms with Crippen LogP contribution in [0.25, 0.3) is 5.69 Å². The number of nitrogens with zero attached hydrogens (tertiary/aromatic N) is 3. The molecule has 0 bridgehead atoms. The Labute approximate surface area is 86.0 Å². The number of carbonyl (C=O) groups is 1. The van der Waals surface area contributed by atoms with Gasteiger partial charge in [0.2, 0.25) is 0 Å². The van der Waals surface area contributed by atoms with Crippen molar-refractivity contribution in [2.75, 3.05) is 0 Å². The molecule has 0 atom stereocenters. The molecule has 0 spiro atoms. The molecule has 15 heavy (non-hydrogen) atoms. The standard InChI is InChI=1S/C10H9N3O2/c1-7(14)8-2-3-10(15)9(4-8)13-6-11-5-12-13/h2-6,15H,1H3. The average molecular weight is 203 g/mol. The summed E-state index contributed by atoms with van der Waals surface area (Å²) in [6.07, 6.45) is 2.82. The molecule has 0 aliphatic carbocycles. The van der Waals surface area contributed by atoms with E-state index in [1.807, 2.05) is 0 Å². The van der Waals surface area contributed by atoms with E-state index >= 15 is 0 Å². The van der Waals surface area contributed by atoms with Crippen LogP contribution in [0, 0.1) is 0 Å². The number of phenols is 1. The van der Waals surface area contributed by atoms with Crippen molar-refractivity contribution in [1.82, 2.24) is 14.8 Å². The van der Waals surface area contributed by atoms with Crippen LogP contribution in [0.4, 0.5) is 0 Å². The van der Waals surface area contributed by atoms with Gasteiger partial charge in [0.25, 0.3) is 0 Å². The molecule has 1 aromatic carbocycles. The summed E-state index contributed by atoms with van der Waals surface area (Å²) in [4.78, 5) is 14.9. The van der Waals surface area contributed by atoms with Crippen molar-refractivity contribution in [3.8, 4) is 11.4 Å². The molecule has 0 saturated carbocycles. The Balaban J connectivity index is 2.55. The van der Waals surface area contributed by atoms with E-state index in [0.717, 1.165) is 0 Å². The first kappa shape index (κ1) is 9.39. The molecule has 0 fully saturated rings. The minimum Gasteiger partial charge on any atom is -0.506 e. The lowest BCUT2D eigenvalue weighted by Gasteiger charge is -2.05. The molecule has 1 N–H and O–H groups in total. The van der Waals surface area contributed by atoms with Crippen LogP contribution in [0.3, 0.4) is 0 Å². The number of carbonyl (C=O) groups excluding carboxylic acids is 1. The Kier molecular flexibility index (Phi) is 2.21. The van der Waals surface area contributed by atoms with Crippen molar-refractivity contribution in [1.29, 1.82) is 0 Å². The van der Waals surface area contributed by atoms with Gasteiger partial charge in [0.1, 0.15) is 24.1 Å². The summed E-state index contributed by atoms with van der Waals surface area (Å²) in [6, 6.07) is 4.61. The molecule has 0 aliphatic rings. The van der Waals surface area contributed by atoms with Gasteiger partial charge in [-0.25, -0.2) is 9.67 Å². The maximum Gasteiger partial charge on any atom is 0.159 e. The largest absolute Gasteiger partial charge is 0.506 e. The van der Waals surface area contributed by atoms with Gasteiger partial charge in [-0.2, -0.15) is 5.10 Å². The molecule has 0 saturated heterocycles. The maximum absolute atomic E-state index is 11.2. The summed E-state index contributed by atoms with van der Waals surface area (Å²) < 4.78 is 1.40. The lowest BCUT2D eigenvalue weighted by Crippen LogP contribution is -1.98. The molecule has 76 valence electrons. The number of benzene rings is 1. The molecule has 2 aromatic rings. The number of hydrogen-bond donors (Lipinski definition) is 1. The molecule has 2 rings (SSSR count). The van der Waals surface area contributed by atoms with Crippen LogP contribution in [0.1, 0.15) is 17.3 Å².